The van der Waals surface area contributed by atoms with E-state index in [0.717, 1.165) is 24.3 Å². The Labute approximate surface area is 169 Å². The highest BCUT2D eigenvalue weighted by atomic mass is 16.5. The van der Waals surface area contributed by atoms with Crippen LogP contribution in [0.3, 0.4) is 0 Å². The third kappa shape index (κ3) is 5.60. The molecule has 150 valence electrons. The maximum atomic E-state index is 12.6. The number of carbonyl (C=O) groups is 2. The zero-order valence-corrected chi connectivity index (χ0v) is 16.2. The third-order valence-electron chi connectivity index (χ3n) is 4.56. The number of ether oxygens (including phenoxy) is 1. The summed E-state index contributed by atoms with van der Waals surface area (Å²) in [6.45, 7) is 5.07. The Morgan fingerprint density at radius 1 is 1.10 bits per heavy atom. The van der Waals surface area contributed by atoms with Gasteiger partial charge in [0, 0.05) is 30.4 Å². The largest absolute Gasteiger partial charge is 0.378 e. The predicted molar refractivity (Wildman–Crippen MR) is 111 cm³/mol. The summed E-state index contributed by atoms with van der Waals surface area (Å²) in [5.74, 6) is -0.739. The number of aromatic nitrogens is 1. The lowest BCUT2D eigenvalue weighted by Crippen LogP contribution is -2.36. The summed E-state index contributed by atoms with van der Waals surface area (Å²) < 4.78 is 5.38. The van der Waals surface area contributed by atoms with Gasteiger partial charge in [-0.05, 0) is 61.0 Å². The van der Waals surface area contributed by atoms with Gasteiger partial charge in [-0.2, -0.15) is 0 Å². The number of rotatable bonds is 6. The van der Waals surface area contributed by atoms with E-state index < -0.39 is 5.91 Å². The van der Waals surface area contributed by atoms with E-state index in [4.69, 9.17) is 9.94 Å². The monoisotopic (exact) mass is 393 g/mol. The SMILES string of the molecule is Cc1cc(N2CCOCC2)ccc1C(=O)C=Cc1cccc(C=CC(=O)NO)n1. The summed E-state index contributed by atoms with van der Waals surface area (Å²) in [4.78, 5) is 30.3. The first-order chi connectivity index (χ1) is 14.1. The van der Waals surface area contributed by atoms with Gasteiger partial charge >= 0.3 is 0 Å². The van der Waals surface area contributed by atoms with E-state index in [1.807, 2.05) is 25.1 Å². The molecule has 0 spiro atoms. The Hall–Kier alpha value is -3.29. The molecule has 0 atom stereocenters. The molecular formula is C22H23N3O4. The molecule has 0 bridgehead atoms. The number of allylic oxidation sites excluding steroid dienone is 1. The third-order valence-corrected chi connectivity index (χ3v) is 4.56. The minimum Gasteiger partial charge on any atom is -0.378 e. The number of carbonyl (C=O) groups excluding carboxylic acids is 2. The molecule has 1 fully saturated rings. The summed E-state index contributed by atoms with van der Waals surface area (Å²) in [5, 5.41) is 8.51. The Bertz CT molecular complexity index is 947. The molecule has 1 aliphatic rings. The quantitative estimate of drug-likeness (QED) is 0.339. The number of nitrogens with one attached hydrogen (secondary N) is 1. The van der Waals surface area contributed by atoms with Crippen molar-refractivity contribution < 1.29 is 19.5 Å². The van der Waals surface area contributed by atoms with Gasteiger partial charge < -0.3 is 9.64 Å². The first-order valence-corrected chi connectivity index (χ1v) is 9.32. The second-order valence-corrected chi connectivity index (χ2v) is 6.59. The zero-order valence-electron chi connectivity index (χ0n) is 16.2. The van der Waals surface area contributed by atoms with Gasteiger partial charge in [0.1, 0.15) is 0 Å². The molecule has 3 rings (SSSR count). The van der Waals surface area contributed by atoms with Crippen LogP contribution in [0.5, 0.6) is 0 Å². The molecule has 29 heavy (non-hydrogen) atoms. The second kappa shape index (κ2) is 9.77. The molecule has 0 unspecified atom stereocenters. The second-order valence-electron chi connectivity index (χ2n) is 6.59. The van der Waals surface area contributed by atoms with Crippen molar-refractivity contribution in [3.63, 3.8) is 0 Å². The number of hydroxylamine groups is 1. The minimum absolute atomic E-state index is 0.0987. The van der Waals surface area contributed by atoms with E-state index in [-0.39, 0.29) is 5.78 Å². The van der Waals surface area contributed by atoms with Gasteiger partial charge in [-0.3, -0.25) is 14.8 Å². The highest BCUT2D eigenvalue weighted by molar-refractivity contribution is 6.07. The Morgan fingerprint density at radius 3 is 2.45 bits per heavy atom. The average Bonchev–Trinajstić information content (AvgIpc) is 2.76. The topological polar surface area (TPSA) is 91.8 Å². The van der Waals surface area contributed by atoms with Crippen molar-refractivity contribution in [2.75, 3.05) is 31.2 Å². The fourth-order valence-electron chi connectivity index (χ4n) is 3.05. The van der Waals surface area contributed by atoms with Crippen LogP contribution in [0.15, 0.2) is 48.6 Å². The number of benzene rings is 1. The summed E-state index contributed by atoms with van der Waals surface area (Å²) >= 11 is 0. The number of amides is 1. The number of morpholine rings is 1. The molecule has 1 aromatic heterocycles. The van der Waals surface area contributed by atoms with Crippen molar-refractivity contribution in [2.45, 2.75) is 6.92 Å². The predicted octanol–water partition coefficient (Wildman–Crippen LogP) is 2.64. The first kappa shape index (κ1) is 20.4. The van der Waals surface area contributed by atoms with Gasteiger partial charge in [-0.1, -0.05) is 6.07 Å². The number of hydrogen-bond acceptors (Lipinski definition) is 6. The van der Waals surface area contributed by atoms with Gasteiger partial charge in [0.25, 0.3) is 5.91 Å². The van der Waals surface area contributed by atoms with Crippen molar-refractivity contribution >= 4 is 29.5 Å². The molecule has 2 aromatic rings. The van der Waals surface area contributed by atoms with Crippen LogP contribution in [0.2, 0.25) is 0 Å². The number of anilines is 1. The van der Waals surface area contributed by atoms with Crippen molar-refractivity contribution in [2.24, 2.45) is 0 Å². The fraction of sp³-hybridized carbons (Fsp3) is 0.227. The van der Waals surface area contributed by atoms with Crippen LogP contribution in [0.25, 0.3) is 12.2 Å². The van der Waals surface area contributed by atoms with Crippen molar-refractivity contribution in [1.29, 1.82) is 0 Å². The number of aryl methyl sites for hydroxylation is 1. The summed E-state index contributed by atoms with van der Waals surface area (Å²) in [7, 11) is 0. The van der Waals surface area contributed by atoms with Gasteiger partial charge in [0.15, 0.2) is 5.78 Å². The van der Waals surface area contributed by atoms with E-state index in [1.54, 1.807) is 24.3 Å². The molecule has 1 amide bonds. The van der Waals surface area contributed by atoms with E-state index in [9.17, 15) is 9.59 Å². The van der Waals surface area contributed by atoms with Gasteiger partial charge in [0.2, 0.25) is 0 Å². The Kier molecular flexibility index (Phi) is 6.89. The molecule has 1 aromatic carbocycles. The molecule has 2 N–H and O–H groups in total. The van der Waals surface area contributed by atoms with Crippen molar-refractivity contribution in [1.82, 2.24) is 10.5 Å². The summed E-state index contributed by atoms with van der Waals surface area (Å²) in [5.41, 5.74) is 5.31. The number of hydrogen-bond donors (Lipinski definition) is 2. The summed E-state index contributed by atoms with van der Waals surface area (Å²) in [6.07, 6.45) is 5.77. The van der Waals surface area contributed by atoms with Crippen molar-refractivity contribution in [3.05, 3.63) is 71.1 Å². The van der Waals surface area contributed by atoms with Gasteiger partial charge in [0.05, 0.1) is 24.6 Å². The number of ketones is 1. The van der Waals surface area contributed by atoms with Gasteiger partial charge in [-0.15, -0.1) is 0 Å². The van der Waals surface area contributed by atoms with E-state index in [2.05, 4.69) is 9.88 Å². The highest BCUT2D eigenvalue weighted by Crippen LogP contribution is 2.21. The molecule has 1 aliphatic heterocycles. The van der Waals surface area contributed by atoms with Crippen LogP contribution in [0.1, 0.15) is 27.3 Å². The van der Waals surface area contributed by atoms with Gasteiger partial charge in [-0.25, -0.2) is 10.5 Å². The van der Waals surface area contributed by atoms with Crippen LogP contribution < -0.4 is 10.4 Å². The summed E-state index contributed by atoms with van der Waals surface area (Å²) in [6, 6.07) is 11.1. The zero-order chi connectivity index (χ0) is 20.6. The molecule has 0 saturated carbocycles. The lowest BCUT2D eigenvalue weighted by Gasteiger charge is -2.29. The van der Waals surface area contributed by atoms with E-state index in [0.29, 0.717) is 30.2 Å². The molecule has 7 nitrogen and oxygen atoms in total. The van der Waals surface area contributed by atoms with Crippen molar-refractivity contribution in [3.8, 4) is 0 Å². The van der Waals surface area contributed by atoms with E-state index in [1.165, 1.54) is 23.7 Å². The molecule has 0 aliphatic carbocycles. The fourth-order valence-corrected chi connectivity index (χ4v) is 3.05. The molecule has 0 radical (unpaired) electrons. The lowest BCUT2D eigenvalue weighted by atomic mass is 10.0. The minimum atomic E-state index is -0.640. The number of pyridine rings is 1. The standard InChI is InChI=1S/C22H23N3O4/c1-16-15-19(25-11-13-29-14-12-25)7-8-20(16)21(26)9-5-17-3-2-4-18(23-17)6-10-22(27)24-28/h2-10,15,28H,11-14H2,1H3,(H,24,27). The smallest absolute Gasteiger partial charge is 0.267 e. The number of nitrogens with zero attached hydrogens (tertiary/aromatic N) is 2. The lowest BCUT2D eigenvalue weighted by molar-refractivity contribution is -0.124. The molecule has 1 saturated heterocycles. The van der Waals surface area contributed by atoms with Crippen LogP contribution in [0.4, 0.5) is 5.69 Å². The molecular weight excluding hydrogens is 370 g/mol. The maximum Gasteiger partial charge on any atom is 0.267 e. The van der Waals surface area contributed by atoms with E-state index >= 15 is 0 Å². The normalized spacial score (nSPS) is 14.5. The van der Waals surface area contributed by atoms with Crippen LogP contribution in [0, 0.1) is 6.92 Å². The first-order valence-electron chi connectivity index (χ1n) is 9.32. The molecule has 7 heteroatoms. The van der Waals surface area contributed by atoms with Crippen LogP contribution in [-0.4, -0.2) is 48.2 Å². The molecule has 2 heterocycles. The average molecular weight is 393 g/mol. The highest BCUT2D eigenvalue weighted by Gasteiger charge is 2.13. The Balaban J connectivity index is 1.70. The Morgan fingerprint density at radius 2 is 1.79 bits per heavy atom. The maximum absolute atomic E-state index is 12.6. The van der Waals surface area contributed by atoms with Crippen LogP contribution >= 0.6 is 0 Å². The van der Waals surface area contributed by atoms with Crippen LogP contribution in [-0.2, 0) is 9.53 Å².